The molecule has 14 nitrogen and oxygen atoms in total. The summed E-state index contributed by atoms with van der Waals surface area (Å²) in [4.78, 5) is 12.8. The van der Waals surface area contributed by atoms with Crippen molar-refractivity contribution in [1.29, 1.82) is 0 Å². The Morgan fingerprint density at radius 1 is 0.750 bits per heavy atom. The SMILES string of the molecule is CC1(CCCC23S[SH]2(=O)S3)C(/C=C/C=C/C=C2/N(CCCCCC(=O)O)c3ccc(S(=O)(=O)O)cc3C2(C)CCCCS(=O)(=O)O)=[N+](CCCC2=C/C=C\C=C/C=C\2)c2ccc(S(=O)(=O)O)cc21. The first-order valence-electron chi connectivity index (χ1n) is 22.6. The van der Waals surface area contributed by atoms with Crippen molar-refractivity contribution in [2.24, 2.45) is 0 Å². The molecule has 0 bridgehead atoms. The van der Waals surface area contributed by atoms with Crippen LogP contribution in [0.15, 0.2) is 130 Å². The van der Waals surface area contributed by atoms with Gasteiger partial charge in [-0.1, -0.05) is 73.6 Å². The van der Waals surface area contributed by atoms with Crippen LogP contribution < -0.4 is 4.90 Å². The smallest absolute Gasteiger partial charge is 0.303 e. The van der Waals surface area contributed by atoms with E-state index in [2.05, 4.69) is 28.6 Å². The van der Waals surface area contributed by atoms with E-state index in [1.54, 1.807) is 39.8 Å². The number of thiol groups is 1. The molecule has 0 aromatic heterocycles. The number of nitrogens with zero attached hydrogens (tertiary/aromatic N) is 2. The predicted molar refractivity (Wildman–Crippen MR) is 273 cm³/mol. The second-order valence-corrected chi connectivity index (χ2v) is 31.8. The minimum atomic E-state index is -4.59. The van der Waals surface area contributed by atoms with Crippen LogP contribution in [-0.2, 0) is 54.0 Å². The number of benzene rings is 2. The number of unbranched alkanes of at least 4 members (excludes halogenated alkanes) is 3. The first-order valence-corrected chi connectivity index (χ1v) is 31.7. The van der Waals surface area contributed by atoms with E-state index in [0.717, 1.165) is 53.9 Å². The molecule has 0 spiro atoms. The molecule has 2 aromatic carbocycles. The lowest BCUT2D eigenvalue weighted by Gasteiger charge is -2.30. The zero-order valence-electron chi connectivity index (χ0n) is 37.9. The number of aliphatic carboxylic acids is 1. The number of carbonyl (C=O) groups is 1. The summed E-state index contributed by atoms with van der Waals surface area (Å²) in [5.41, 5.74) is 4.16. The molecule has 1 aliphatic carbocycles. The molecule has 4 aliphatic heterocycles. The quantitative estimate of drug-likeness (QED) is 0.0126. The number of allylic oxidation sites excluding steroid dienone is 14. The standard InChI is InChI=1S/C48H58N2O12S6/c1-46(28-13-15-33-65(53,54)55)39-34-37(66(56,57)58)24-26-41(39)49(31-14-7-12-23-45(51)52)43(46)21-10-6-11-22-44-47(2,29-17-30-48-63-68(48,62)64-48)40-35-38(67(59,60)61)25-27-42(40)50(44)32-16-20-36-18-8-4-3-5-9-19-36/h3-6,8-11,18-19,21-22,24-27,34-35,68H,7,12-17,20,23,28-33H2,1-2H3,(H3-,51,52,53,54,55,56,57,58,59,60,61)/p+1/b4-3-,5-3?,8-4?,9-5-,18-8-,19-9?,36-18?,36-19+. The molecule has 5 aliphatic rings. The van der Waals surface area contributed by atoms with Gasteiger partial charge in [-0.15, -0.1) is 0 Å². The van der Waals surface area contributed by atoms with Gasteiger partial charge >= 0.3 is 5.97 Å². The Morgan fingerprint density at radius 2 is 1.41 bits per heavy atom. The molecule has 2 fully saturated rings. The minimum absolute atomic E-state index is 0.0195. The van der Waals surface area contributed by atoms with Crippen LogP contribution in [0.3, 0.4) is 0 Å². The fourth-order valence-corrected chi connectivity index (χ4v) is 21.8. The highest BCUT2D eigenvalue weighted by Crippen LogP contribution is 2.94. The van der Waals surface area contributed by atoms with Gasteiger partial charge in [-0.05, 0) is 134 Å². The second-order valence-electron chi connectivity index (χ2n) is 18.1. The van der Waals surface area contributed by atoms with E-state index >= 15 is 0 Å². The zero-order valence-corrected chi connectivity index (χ0v) is 42.9. The van der Waals surface area contributed by atoms with Gasteiger partial charge < -0.3 is 10.0 Å². The van der Waals surface area contributed by atoms with Gasteiger partial charge in [-0.25, -0.2) is 0 Å². The van der Waals surface area contributed by atoms with Crippen LogP contribution in [0.25, 0.3) is 0 Å². The Morgan fingerprint density at radius 3 is 2.09 bits per heavy atom. The van der Waals surface area contributed by atoms with Gasteiger partial charge in [0.25, 0.3) is 30.4 Å². The van der Waals surface area contributed by atoms with Crippen LogP contribution in [0, 0.1) is 0 Å². The van der Waals surface area contributed by atoms with E-state index < -0.39 is 60.9 Å². The van der Waals surface area contributed by atoms with E-state index in [1.807, 2.05) is 67.7 Å². The summed E-state index contributed by atoms with van der Waals surface area (Å²) in [6, 6.07) is 9.13. The fourth-order valence-electron chi connectivity index (χ4n) is 9.69. The van der Waals surface area contributed by atoms with Crippen molar-refractivity contribution >= 4 is 83.0 Å². The van der Waals surface area contributed by atoms with Crippen molar-refractivity contribution in [1.82, 2.24) is 0 Å². The van der Waals surface area contributed by atoms with E-state index in [4.69, 9.17) is 0 Å². The van der Waals surface area contributed by atoms with Gasteiger partial charge in [0.1, 0.15) is 6.54 Å². The Kier molecular flexibility index (Phi) is 15.6. The van der Waals surface area contributed by atoms with E-state index in [1.165, 1.54) is 18.2 Å². The first kappa shape index (κ1) is 52.0. The number of hydrogen-bond donors (Lipinski definition) is 5. The summed E-state index contributed by atoms with van der Waals surface area (Å²) in [6.07, 6.45) is 29.8. The van der Waals surface area contributed by atoms with Crippen LogP contribution in [0.5, 0.6) is 0 Å². The molecule has 2 unspecified atom stereocenters. The number of anilines is 1. The molecule has 68 heavy (non-hydrogen) atoms. The maximum Gasteiger partial charge on any atom is 0.303 e. The molecule has 0 saturated carbocycles. The molecule has 2 saturated heterocycles. The maximum absolute atomic E-state index is 12.8. The topological polar surface area (TPSA) is 224 Å². The molecule has 0 radical (unpaired) electrons. The molecule has 4 heterocycles. The number of rotatable bonds is 24. The lowest BCUT2D eigenvalue weighted by atomic mass is 9.75. The summed E-state index contributed by atoms with van der Waals surface area (Å²) in [5.74, 6) is -1.34. The number of hydrogen-bond acceptors (Lipinski definition) is 11. The summed E-state index contributed by atoms with van der Waals surface area (Å²) >= 11 is 0. The Labute approximate surface area is 408 Å². The highest BCUT2D eigenvalue weighted by molar-refractivity contribution is 9.38. The zero-order chi connectivity index (χ0) is 49.2. The summed E-state index contributed by atoms with van der Waals surface area (Å²) in [6.45, 7) is 5.06. The normalized spacial score (nSPS) is 27.0. The van der Waals surface area contributed by atoms with Crippen molar-refractivity contribution in [2.75, 3.05) is 23.7 Å². The highest BCUT2D eigenvalue weighted by atomic mass is 33.6. The van der Waals surface area contributed by atoms with E-state index in [9.17, 15) is 53.0 Å². The molecular weight excluding hydrogens is 989 g/mol. The molecule has 0 amide bonds. The first-order chi connectivity index (χ1) is 32.0. The van der Waals surface area contributed by atoms with Crippen molar-refractivity contribution in [3.63, 3.8) is 0 Å². The average Bonchev–Trinajstić information content (AvgIpc) is 3.96. The molecule has 4 N–H and O–H groups in total. The third-order valence-electron chi connectivity index (χ3n) is 13.3. The second kappa shape index (κ2) is 20.5. The Balaban J connectivity index is 1.25. The van der Waals surface area contributed by atoms with Gasteiger partial charge in [0.2, 0.25) is 5.69 Å². The van der Waals surface area contributed by atoms with E-state index in [0.29, 0.717) is 62.9 Å². The number of carboxylic acids is 1. The highest BCUT2D eigenvalue weighted by Gasteiger charge is 2.80. The van der Waals surface area contributed by atoms with Gasteiger partial charge in [-0.2, -0.15) is 29.8 Å². The summed E-state index contributed by atoms with van der Waals surface area (Å²) in [7, 11) is -12.4. The Hall–Kier alpha value is -3.86. The Bertz CT molecular complexity index is 2980. The van der Waals surface area contributed by atoms with Crippen molar-refractivity contribution in [2.45, 2.75) is 115 Å². The van der Waals surface area contributed by atoms with Crippen LogP contribution in [0.1, 0.15) is 102 Å². The largest absolute Gasteiger partial charge is 0.481 e. The monoisotopic (exact) mass is 1050 g/mol. The molecule has 2 atom stereocenters. The van der Waals surface area contributed by atoms with Gasteiger partial charge in [-0.3, -0.25) is 22.7 Å². The third kappa shape index (κ3) is 11.8. The lowest BCUT2D eigenvalue weighted by molar-refractivity contribution is -0.438. The van der Waals surface area contributed by atoms with Gasteiger partial charge in [0.05, 0.1) is 21.0 Å². The van der Waals surface area contributed by atoms with Crippen LogP contribution >= 0.6 is 21.6 Å². The summed E-state index contributed by atoms with van der Waals surface area (Å²) in [5, 5.41) is 9.22. The average molecular weight is 1050 g/mol. The molecule has 7 rings (SSSR count). The number of fused-ring (bicyclic) bond motifs is 3. The third-order valence-corrected chi connectivity index (χ3v) is 27.1. The molecule has 20 heteroatoms. The van der Waals surface area contributed by atoms with Gasteiger partial charge in [0, 0.05) is 61.9 Å². The number of carboxylic acid groups (broad SMARTS) is 1. The van der Waals surface area contributed by atoms with Crippen LogP contribution in [0.4, 0.5) is 11.4 Å². The van der Waals surface area contributed by atoms with Crippen LogP contribution in [-0.4, -0.2) is 86.7 Å². The van der Waals surface area contributed by atoms with Gasteiger partial charge in [0.15, 0.2) is 9.12 Å². The minimum Gasteiger partial charge on any atom is -0.481 e. The predicted octanol–water partition coefficient (Wildman–Crippen LogP) is 9.57. The molecule has 2 aromatic rings. The van der Waals surface area contributed by atoms with Crippen LogP contribution in [0.2, 0.25) is 0 Å². The van der Waals surface area contributed by atoms with E-state index in [-0.39, 0.29) is 26.0 Å². The fraction of sp³-hybridized carbons (Fsp3) is 0.417. The van der Waals surface area contributed by atoms with Crippen molar-refractivity contribution in [3.8, 4) is 0 Å². The lowest BCUT2D eigenvalue weighted by Crippen LogP contribution is -2.31. The van der Waals surface area contributed by atoms with Crippen molar-refractivity contribution in [3.05, 3.63) is 132 Å². The maximum atomic E-state index is 12.8. The molecule has 368 valence electrons. The van der Waals surface area contributed by atoms with Crippen molar-refractivity contribution < 1.29 is 57.6 Å². The molecular formula is C48H59N2O12S6+. The summed E-state index contributed by atoms with van der Waals surface area (Å²) < 4.78 is 118.